The average Bonchev–Trinajstić information content (AvgIpc) is 2.50. The molecule has 0 atom stereocenters. The van der Waals surface area contributed by atoms with Gasteiger partial charge >= 0.3 is 13.1 Å². The predicted octanol–water partition coefficient (Wildman–Crippen LogP) is 0.478. The minimum Gasteiger partial charge on any atom is -0.465 e. The van der Waals surface area contributed by atoms with Gasteiger partial charge in [-0.2, -0.15) is 0 Å². The van der Waals surface area contributed by atoms with Crippen LogP contribution in [0.2, 0.25) is 0 Å². The molecule has 146 valence electrons. The van der Waals surface area contributed by atoms with E-state index in [4.69, 9.17) is 4.65 Å². The fourth-order valence-electron chi connectivity index (χ4n) is 1.90. The minimum atomic E-state index is -3.77. The first-order chi connectivity index (χ1) is 11.8. The molecule has 0 saturated heterocycles. The Morgan fingerprint density at radius 3 is 2.42 bits per heavy atom. The van der Waals surface area contributed by atoms with Gasteiger partial charge in [-0.15, -0.1) is 0 Å². The molecular formula is C16H26BNO7S. The van der Waals surface area contributed by atoms with Crippen LogP contribution in [0, 0.1) is 0 Å². The summed E-state index contributed by atoms with van der Waals surface area (Å²) in [7, 11) is -3.97. The van der Waals surface area contributed by atoms with E-state index >= 15 is 0 Å². The number of carbonyl (C=O) groups is 1. The van der Waals surface area contributed by atoms with Crippen molar-refractivity contribution in [3.05, 3.63) is 35.4 Å². The summed E-state index contributed by atoms with van der Waals surface area (Å²) < 4.78 is 36.5. The summed E-state index contributed by atoms with van der Waals surface area (Å²) in [4.78, 5) is 11.5. The molecule has 0 heterocycles. The molecule has 0 aliphatic rings. The Balaban J connectivity index is 2.69. The van der Waals surface area contributed by atoms with Crippen molar-refractivity contribution in [3.63, 3.8) is 0 Å². The van der Waals surface area contributed by atoms with Crippen LogP contribution in [0.4, 0.5) is 0 Å². The van der Waals surface area contributed by atoms with Gasteiger partial charge in [-0.05, 0) is 45.4 Å². The molecule has 0 aliphatic carbocycles. The highest BCUT2D eigenvalue weighted by Gasteiger charge is 2.39. The van der Waals surface area contributed by atoms with Crippen LogP contribution in [0.5, 0.6) is 0 Å². The van der Waals surface area contributed by atoms with E-state index in [0.29, 0.717) is 5.56 Å². The summed E-state index contributed by atoms with van der Waals surface area (Å²) in [5.74, 6) is -0.936. The van der Waals surface area contributed by atoms with E-state index in [0.717, 1.165) is 0 Å². The van der Waals surface area contributed by atoms with Gasteiger partial charge in [0.15, 0.2) is 0 Å². The second kappa shape index (κ2) is 8.49. The standard InChI is InChI=1S/C16H26BNO7S/c1-15(2,20)16(3,4)25-17(21)11-18-26(22,23)10-12-7-6-8-13(9-12)14(19)24-5/h6-9,18,20-21H,10-11H2,1-5H3. The van der Waals surface area contributed by atoms with Gasteiger partial charge in [0.25, 0.3) is 0 Å². The summed E-state index contributed by atoms with van der Waals surface area (Å²) in [6.45, 7) is 6.22. The second-order valence-corrected chi connectivity index (χ2v) is 8.75. The smallest absolute Gasteiger partial charge is 0.465 e. The van der Waals surface area contributed by atoms with E-state index in [1.807, 2.05) is 0 Å². The number of benzene rings is 1. The quantitative estimate of drug-likeness (QED) is 0.416. The van der Waals surface area contributed by atoms with Crippen LogP contribution in [0.15, 0.2) is 24.3 Å². The van der Waals surface area contributed by atoms with E-state index in [-0.39, 0.29) is 17.8 Å². The third-order valence-corrected chi connectivity index (χ3v) is 5.41. The fourth-order valence-corrected chi connectivity index (χ4v) is 3.02. The highest BCUT2D eigenvalue weighted by Crippen LogP contribution is 2.25. The van der Waals surface area contributed by atoms with Crippen molar-refractivity contribution in [1.29, 1.82) is 0 Å². The number of rotatable bonds is 9. The van der Waals surface area contributed by atoms with Crippen LogP contribution in [-0.4, -0.2) is 56.4 Å². The normalized spacial score (nSPS) is 12.7. The number of hydrogen-bond acceptors (Lipinski definition) is 7. The summed E-state index contributed by atoms with van der Waals surface area (Å²) >= 11 is 0. The molecule has 0 saturated carbocycles. The molecule has 0 radical (unpaired) electrons. The Bertz CT molecular complexity index is 728. The lowest BCUT2D eigenvalue weighted by Gasteiger charge is -2.38. The number of methoxy groups -OCH3 is 1. The van der Waals surface area contributed by atoms with Crippen LogP contribution >= 0.6 is 0 Å². The van der Waals surface area contributed by atoms with Crippen molar-refractivity contribution in [2.24, 2.45) is 0 Å². The van der Waals surface area contributed by atoms with Crippen LogP contribution in [0.25, 0.3) is 0 Å². The van der Waals surface area contributed by atoms with Gasteiger partial charge in [-0.3, -0.25) is 0 Å². The number of esters is 1. The average molecular weight is 387 g/mol. The largest absolute Gasteiger partial charge is 0.470 e. The Kier molecular flexibility index (Phi) is 7.37. The number of carbonyl (C=O) groups excluding carboxylic acids is 1. The van der Waals surface area contributed by atoms with Crippen molar-refractivity contribution in [2.45, 2.75) is 44.6 Å². The molecule has 1 aromatic rings. The highest BCUT2D eigenvalue weighted by molar-refractivity contribution is 7.88. The summed E-state index contributed by atoms with van der Waals surface area (Å²) in [6.07, 6.45) is -0.376. The third kappa shape index (κ3) is 6.69. The molecule has 10 heteroatoms. The van der Waals surface area contributed by atoms with E-state index in [1.165, 1.54) is 33.1 Å². The first kappa shape index (κ1) is 22.6. The van der Waals surface area contributed by atoms with Gasteiger partial charge in [0, 0.05) is 6.44 Å². The Hall–Kier alpha value is -1.46. The number of sulfonamides is 1. The summed E-state index contributed by atoms with van der Waals surface area (Å²) in [5, 5.41) is 19.9. The highest BCUT2D eigenvalue weighted by atomic mass is 32.2. The SMILES string of the molecule is COC(=O)c1cccc(CS(=O)(=O)NCB(O)OC(C)(C)C(C)(C)O)c1. The van der Waals surface area contributed by atoms with E-state index in [9.17, 15) is 23.3 Å². The number of aliphatic hydroxyl groups is 1. The molecule has 0 bridgehead atoms. The molecule has 0 spiro atoms. The molecule has 8 nitrogen and oxygen atoms in total. The van der Waals surface area contributed by atoms with E-state index < -0.39 is 34.3 Å². The monoisotopic (exact) mass is 387 g/mol. The van der Waals surface area contributed by atoms with E-state index in [2.05, 4.69) is 9.46 Å². The zero-order chi connectivity index (χ0) is 20.2. The second-order valence-electron chi connectivity index (χ2n) is 6.94. The Morgan fingerprint density at radius 2 is 1.88 bits per heavy atom. The van der Waals surface area contributed by atoms with Crippen LogP contribution < -0.4 is 4.72 Å². The van der Waals surface area contributed by atoms with Crippen molar-refractivity contribution >= 4 is 23.1 Å². The molecule has 1 rings (SSSR count). The topological polar surface area (TPSA) is 122 Å². The lowest BCUT2D eigenvalue weighted by molar-refractivity contribution is -0.0999. The van der Waals surface area contributed by atoms with Crippen molar-refractivity contribution in [1.82, 2.24) is 4.72 Å². The molecular weight excluding hydrogens is 361 g/mol. The molecule has 0 fully saturated rings. The van der Waals surface area contributed by atoms with Gasteiger partial charge in [-0.1, -0.05) is 12.1 Å². The number of nitrogens with one attached hydrogen (secondary N) is 1. The van der Waals surface area contributed by atoms with Gasteiger partial charge in [-0.25, -0.2) is 17.9 Å². The Morgan fingerprint density at radius 1 is 1.27 bits per heavy atom. The van der Waals surface area contributed by atoms with E-state index in [1.54, 1.807) is 26.0 Å². The molecule has 1 aromatic carbocycles. The first-order valence-electron chi connectivity index (χ1n) is 8.00. The zero-order valence-corrected chi connectivity index (χ0v) is 16.5. The van der Waals surface area contributed by atoms with Gasteiger partial charge in [0.2, 0.25) is 10.0 Å². The summed E-state index contributed by atoms with van der Waals surface area (Å²) in [6, 6.07) is 6.07. The minimum absolute atomic E-state index is 0.246. The molecule has 0 aliphatic heterocycles. The Labute approximate surface area is 154 Å². The molecule has 0 aromatic heterocycles. The lowest BCUT2D eigenvalue weighted by atomic mass is 9.83. The fraction of sp³-hybridized carbons (Fsp3) is 0.562. The lowest BCUT2D eigenvalue weighted by Crippen LogP contribution is -2.52. The van der Waals surface area contributed by atoms with Crippen LogP contribution in [-0.2, 0) is 25.2 Å². The number of hydrogen-bond donors (Lipinski definition) is 3. The first-order valence-corrected chi connectivity index (χ1v) is 9.65. The molecule has 0 amide bonds. The maximum atomic E-state index is 12.2. The molecule has 3 N–H and O–H groups in total. The molecule has 0 unspecified atom stereocenters. The predicted molar refractivity (Wildman–Crippen MR) is 97.8 cm³/mol. The summed E-state index contributed by atoms with van der Waals surface area (Å²) in [5.41, 5.74) is -1.68. The van der Waals surface area contributed by atoms with Crippen molar-refractivity contribution < 1.29 is 32.7 Å². The maximum Gasteiger partial charge on any atom is 0.470 e. The van der Waals surface area contributed by atoms with Gasteiger partial charge < -0.3 is 19.5 Å². The number of ether oxygens (including phenoxy) is 1. The van der Waals surface area contributed by atoms with Gasteiger partial charge in [0.05, 0.1) is 29.6 Å². The van der Waals surface area contributed by atoms with Crippen molar-refractivity contribution in [2.75, 3.05) is 13.6 Å². The van der Waals surface area contributed by atoms with Crippen molar-refractivity contribution in [3.8, 4) is 0 Å². The molecule has 26 heavy (non-hydrogen) atoms. The zero-order valence-electron chi connectivity index (χ0n) is 15.6. The maximum absolute atomic E-state index is 12.2. The van der Waals surface area contributed by atoms with Gasteiger partial charge in [0.1, 0.15) is 0 Å². The third-order valence-electron chi connectivity index (χ3n) is 4.09. The van der Waals surface area contributed by atoms with Crippen LogP contribution in [0.3, 0.4) is 0 Å². The van der Waals surface area contributed by atoms with Crippen LogP contribution in [0.1, 0.15) is 43.6 Å².